The summed E-state index contributed by atoms with van der Waals surface area (Å²) in [5.41, 5.74) is 0. The average molecular weight is 888 g/mol. The van der Waals surface area contributed by atoms with E-state index in [4.69, 9.17) is 9.84 Å². The van der Waals surface area contributed by atoms with E-state index in [0.29, 0.717) is 19.6 Å². The molecular formula is C60H118O3. The quantitative estimate of drug-likeness (QED) is 0.0376. The molecule has 0 heterocycles. The second kappa shape index (κ2) is 59.2. The summed E-state index contributed by atoms with van der Waals surface area (Å²) in [6.45, 7) is 3.29. The third-order valence-corrected chi connectivity index (χ3v) is 14.0. The summed E-state index contributed by atoms with van der Waals surface area (Å²) in [5.74, 6) is 0.0277. The van der Waals surface area contributed by atoms with E-state index in [1.807, 2.05) is 0 Å². The molecule has 0 aromatic carbocycles. The Kier molecular flexibility index (Phi) is 58.4. The van der Waals surface area contributed by atoms with Gasteiger partial charge < -0.3 is 9.84 Å². The van der Waals surface area contributed by atoms with Gasteiger partial charge in [0.15, 0.2) is 0 Å². The molecule has 0 aromatic heterocycles. The largest absolute Gasteiger partial charge is 0.466 e. The molecule has 0 amide bonds. The number of carbonyl (C=O) groups is 1. The van der Waals surface area contributed by atoms with Crippen molar-refractivity contribution in [1.29, 1.82) is 0 Å². The Morgan fingerprint density at radius 2 is 0.524 bits per heavy atom. The van der Waals surface area contributed by atoms with Crippen molar-refractivity contribution >= 4 is 5.97 Å². The summed E-state index contributed by atoms with van der Waals surface area (Å²) < 4.78 is 5.51. The van der Waals surface area contributed by atoms with Gasteiger partial charge >= 0.3 is 5.97 Å². The first-order valence-electron chi connectivity index (χ1n) is 29.7. The van der Waals surface area contributed by atoms with Crippen LogP contribution in [0.15, 0.2) is 12.2 Å². The molecule has 0 radical (unpaired) electrons. The molecule has 63 heavy (non-hydrogen) atoms. The number of aliphatic hydroxyl groups is 1. The molecule has 0 fully saturated rings. The molecule has 0 atom stereocenters. The van der Waals surface area contributed by atoms with Gasteiger partial charge in [-0.25, -0.2) is 0 Å². The maximum absolute atomic E-state index is 12.1. The van der Waals surface area contributed by atoms with Gasteiger partial charge in [0.05, 0.1) is 6.61 Å². The van der Waals surface area contributed by atoms with Crippen LogP contribution in [-0.2, 0) is 9.53 Å². The minimum atomic E-state index is 0.0277. The van der Waals surface area contributed by atoms with Crippen LogP contribution in [0, 0.1) is 0 Å². The van der Waals surface area contributed by atoms with Gasteiger partial charge in [0, 0.05) is 13.0 Å². The molecular weight excluding hydrogens is 769 g/mol. The number of hydrogen-bond donors (Lipinski definition) is 1. The fraction of sp³-hybridized carbons (Fsp3) is 0.950. The van der Waals surface area contributed by atoms with Gasteiger partial charge in [0.2, 0.25) is 0 Å². The van der Waals surface area contributed by atoms with E-state index < -0.39 is 0 Å². The molecule has 0 aromatic rings. The van der Waals surface area contributed by atoms with Crippen molar-refractivity contribution in [3.05, 3.63) is 12.2 Å². The minimum Gasteiger partial charge on any atom is -0.466 e. The van der Waals surface area contributed by atoms with Gasteiger partial charge in [-0.3, -0.25) is 4.79 Å². The van der Waals surface area contributed by atoms with Crippen LogP contribution in [0.5, 0.6) is 0 Å². The summed E-state index contributed by atoms with van der Waals surface area (Å²) >= 11 is 0. The van der Waals surface area contributed by atoms with Crippen molar-refractivity contribution in [2.45, 2.75) is 354 Å². The molecule has 0 aliphatic heterocycles. The highest BCUT2D eigenvalue weighted by Gasteiger charge is 2.03. The smallest absolute Gasteiger partial charge is 0.305 e. The van der Waals surface area contributed by atoms with Crippen LogP contribution in [0.2, 0.25) is 0 Å². The van der Waals surface area contributed by atoms with E-state index in [1.54, 1.807) is 0 Å². The van der Waals surface area contributed by atoms with Gasteiger partial charge in [-0.1, -0.05) is 314 Å². The van der Waals surface area contributed by atoms with Crippen molar-refractivity contribution in [1.82, 2.24) is 0 Å². The monoisotopic (exact) mass is 887 g/mol. The predicted molar refractivity (Wildman–Crippen MR) is 282 cm³/mol. The molecule has 0 spiro atoms. The van der Waals surface area contributed by atoms with Crippen molar-refractivity contribution in [3.8, 4) is 0 Å². The first-order valence-corrected chi connectivity index (χ1v) is 29.7. The van der Waals surface area contributed by atoms with Crippen LogP contribution in [-0.4, -0.2) is 24.3 Å². The van der Waals surface area contributed by atoms with Crippen LogP contribution >= 0.6 is 0 Å². The van der Waals surface area contributed by atoms with E-state index in [2.05, 4.69) is 19.1 Å². The standard InChI is InChI=1S/C60H118O3/c1-2-3-4-5-6-7-8-9-10-11-30-33-36-39-42-45-48-51-54-57-60(62)63-59-56-53-50-47-44-41-38-35-32-29-27-25-23-21-19-17-15-13-12-14-16-18-20-22-24-26-28-31-34-37-40-43-46-49-52-55-58-61/h9-10,61H,2-8,11-59H2,1H3. The van der Waals surface area contributed by atoms with E-state index in [-0.39, 0.29) is 5.97 Å². The second-order valence-corrected chi connectivity index (χ2v) is 20.4. The highest BCUT2D eigenvalue weighted by atomic mass is 16.5. The molecule has 1 N–H and O–H groups in total. The number of allylic oxidation sites excluding steroid dienone is 2. The first-order chi connectivity index (χ1) is 31.3. The Morgan fingerprint density at radius 3 is 0.794 bits per heavy atom. The zero-order valence-electron chi connectivity index (χ0n) is 43.5. The zero-order chi connectivity index (χ0) is 45.3. The number of carbonyl (C=O) groups excluding carboxylic acids is 1. The molecule has 0 aliphatic carbocycles. The molecule has 0 aliphatic rings. The molecule has 0 saturated heterocycles. The predicted octanol–water partition coefficient (Wildman–Crippen LogP) is 21.2. The van der Waals surface area contributed by atoms with Crippen molar-refractivity contribution in [2.24, 2.45) is 0 Å². The summed E-state index contributed by atoms with van der Waals surface area (Å²) in [6, 6.07) is 0. The fourth-order valence-electron chi connectivity index (χ4n) is 9.53. The number of hydrogen-bond acceptors (Lipinski definition) is 3. The number of aliphatic hydroxyl groups excluding tert-OH is 1. The van der Waals surface area contributed by atoms with Gasteiger partial charge in [0.25, 0.3) is 0 Å². The third kappa shape index (κ3) is 59.2. The molecule has 376 valence electrons. The molecule has 0 saturated carbocycles. The van der Waals surface area contributed by atoms with Crippen LogP contribution in [0.3, 0.4) is 0 Å². The van der Waals surface area contributed by atoms with Crippen LogP contribution < -0.4 is 0 Å². The van der Waals surface area contributed by atoms with Crippen LogP contribution in [0.4, 0.5) is 0 Å². The summed E-state index contributed by atoms with van der Waals surface area (Å²) in [5, 5.41) is 8.83. The lowest BCUT2D eigenvalue weighted by Gasteiger charge is -2.06. The Bertz CT molecular complexity index is 837. The highest BCUT2D eigenvalue weighted by Crippen LogP contribution is 2.18. The Hall–Kier alpha value is -0.830. The molecule has 0 rings (SSSR count). The van der Waals surface area contributed by atoms with Crippen molar-refractivity contribution < 1.29 is 14.6 Å². The molecule has 3 nitrogen and oxygen atoms in total. The maximum atomic E-state index is 12.1. The number of ether oxygens (including phenoxy) is 1. The zero-order valence-corrected chi connectivity index (χ0v) is 43.5. The average Bonchev–Trinajstić information content (AvgIpc) is 3.29. The number of unbranched alkanes of at least 4 members (excludes halogenated alkanes) is 50. The van der Waals surface area contributed by atoms with E-state index in [0.717, 1.165) is 19.3 Å². The molecule has 0 bridgehead atoms. The second-order valence-electron chi connectivity index (χ2n) is 20.4. The van der Waals surface area contributed by atoms with E-state index >= 15 is 0 Å². The topological polar surface area (TPSA) is 46.5 Å². The molecule has 0 unspecified atom stereocenters. The Labute approximate surface area is 398 Å². The lowest BCUT2D eigenvalue weighted by Crippen LogP contribution is -2.05. The lowest BCUT2D eigenvalue weighted by atomic mass is 10.0. The minimum absolute atomic E-state index is 0.0277. The van der Waals surface area contributed by atoms with Crippen molar-refractivity contribution in [2.75, 3.05) is 13.2 Å². The number of esters is 1. The van der Waals surface area contributed by atoms with E-state index in [9.17, 15) is 4.79 Å². The molecule has 3 heteroatoms. The Balaban J connectivity index is 3.15. The first kappa shape index (κ1) is 62.2. The normalized spacial score (nSPS) is 11.7. The maximum Gasteiger partial charge on any atom is 0.305 e. The van der Waals surface area contributed by atoms with Gasteiger partial charge in [-0.2, -0.15) is 0 Å². The summed E-state index contributed by atoms with van der Waals surface area (Å²) in [7, 11) is 0. The van der Waals surface area contributed by atoms with Gasteiger partial charge in [0.1, 0.15) is 0 Å². The highest BCUT2D eigenvalue weighted by molar-refractivity contribution is 5.69. The fourth-order valence-corrected chi connectivity index (χ4v) is 9.53. The van der Waals surface area contributed by atoms with Crippen LogP contribution in [0.25, 0.3) is 0 Å². The Morgan fingerprint density at radius 1 is 0.302 bits per heavy atom. The van der Waals surface area contributed by atoms with Gasteiger partial charge in [-0.05, 0) is 44.9 Å². The number of rotatable bonds is 57. The summed E-state index contributed by atoms with van der Waals surface area (Å²) in [4.78, 5) is 12.1. The summed E-state index contributed by atoms with van der Waals surface area (Å²) in [6.07, 6.45) is 78.4. The lowest BCUT2D eigenvalue weighted by molar-refractivity contribution is -0.143. The van der Waals surface area contributed by atoms with Crippen LogP contribution in [0.1, 0.15) is 354 Å². The third-order valence-electron chi connectivity index (χ3n) is 14.0. The van der Waals surface area contributed by atoms with E-state index in [1.165, 1.54) is 321 Å². The van der Waals surface area contributed by atoms with Crippen molar-refractivity contribution in [3.63, 3.8) is 0 Å². The van der Waals surface area contributed by atoms with Gasteiger partial charge in [-0.15, -0.1) is 0 Å². The SMILES string of the molecule is CCCCCCCCC=CCCCCCCCCCCCC(=O)OCCCCCCCCCCCCCCCCCCCCCCCCCCCCCCCCCCCCCCO.